The van der Waals surface area contributed by atoms with Gasteiger partial charge in [0.2, 0.25) is 0 Å². The van der Waals surface area contributed by atoms with Gasteiger partial charge >= 0.3 is 5.97 Å². The van der Waals surface area contributed by atoms with Crippen molar-refractivity contribution in [3.05, 3.63) is 93.0 Å². The number of amides is 1. The monoisotopic (exact) mass is 475 g/mol. The number of para-hydroxylation sites is 1. The molecule has 32 heavy (non-hydrogen) atoms. The van der Waals surface area contributed by atoms with Crippen molar-refractivity contribution in [1.29, 1.82) is 0 Å². The second-order valence-corrected chi connectivity index (χ2v) is 8.45. The number of carbonyl (C=O) groups excluding carboxylic acids is 1. The van der Waals surface area contributed by atoms with E-state index >= 15 is 0 Å². The zero-order valence-electron chi connectivity index (χ0n) is 16.0. The van der Waals surface area contributed by atoms with Gasteiger partial charge in [-0.25, -0.2) is 13.2 Å². The van der Waals surface area contributed by atoms with Crippen molar-refractivity contribution in [2.24, 2.45) is 0 Å². The Labute approximate surface area is 186 Å². The van der Waals surface area contributed by atoms with Gasteiger partial charge in [0, 0.05) is 11.6 Å². The molecule has 0 fully saturated rings. The Bertz CT molecular complexity index is 1340. The lowest BCUT2D eigenvalue weighted by Crippen LogP contribution is -2.17. The molecule has 0 bridgehead atoms. The van der Waals surface area contributed by atoms with Crippen LogP contribution in [-0.2, 0) is 10.0 Å². The molecule has 0 spiro atoms. The number of halogens is 1. The molecule has 3 N–H and O–H groups in total. The van der Waals surface area contributed by atoms with E-state index in [-0.39, 0.29) is 32.4 Å². The van der Waals surface area contributed by atoms with E-state index in [1.807, 2.05) is 0 Å². The number of nitro benzene ring substituents is 1. The third kappa shape index (κ3) is 5.02. The minimum Gasteiger partial charge on any atom is -0.478 e. The molecular formula is C20H14ClN3O7S. The maximum Gasteiger partial charge on any atom is 0.337 e. The van der Waals surface area contributed by atoms with Crippen molar-refractivity contribution in [2.45, 2.75) is 4.90 Å². The van der Waals surface area contributed by atoms with Gasteiger partial charge in [0.05, 0.1) is 26.8 Å². The topological polar surface area (TPSA) is 156 Å². The van der Waals surface area contributed by atoms with Crippen LogP contribution >= 0.6 is 11.6 Å². The van der Waals surface area contributed by atoms with E-state index in [9.17, 15) is 33.2 Å². The molecule has 3 aromatic rings. The Balaban J connectivity index is 1.87. The number of carboxylic acids is 1. The number of anilines is 2. The lowest BCUT2D eigenvalue weighted by molar-refractivity contribution is -0.384. The highest BCUT2D eigenvalue weighted by atomic mass is 35.5. The van der Waals surface area contributed by atoms with Crippen LogP contribution in [0.1, 0.15) is 20.7 Å². The average molecular weight is 476 g/mol. The second-order valence-electron chi connectivity index (χ2n) is 6.36. The van der Waals surface area contributed by atoms with Crippen molar-refractivity contribution in [2.75, 3.05) is 10.0 Å². The first-order chi connectivity index (χ1) is 15.1. The molecule has 0 heterocycles. The van der Waals surface area contributed by atoms with Gasteiger partial charge in [-0.3, -0.25) is 19.6 Å². The molecule has 3 rings (SSSR count). The summed E-state index contributed by atoms with van der Waals surface area (Å²) < 4.78 is 27.6. The number of nitrogens with zero attached hydrogens (tertiary/aromatic N) is 1. The van der Waals surface area contributed by atoms with Gasteiger partial charge in [-0.05, 0) is 42.5 Å². The highest BCUT2D eigenvalue weighted by molar-refractivity contribution is 7.92. The fraction of sp³-hybridized carbons (Fsp3) is 0. The van der Waals surface area contributed by atoms with Crippen LogP contribution in [0, 0.1) is 10.1 Å². The predicted octanol–water partition coefficient (Wildman–Crippen LogP) is 4.00. The van der Waals surface area contributed by atoms with Gasteiger partial charge < -0.3 is 10.4 Å². The molecule has 3 aromatic carbocycles. The van der Waals surface area contributed by atoms with Crippen molar-refractivity contribution in [3.8, 4) is 0 Å². The summed E-state index contributed by atoms with van der Waals surface area (Å²) >= 11 is 5.73. The smallest absolute Gasteiger partial charge is 0.337 e. The van der Waals surface area contributed by atoms with Crippen molar-refractivity contribution >= 4 is 50.6 Å². The lowest BCUT2D eigenvalue weighted by Gasteiger charge is -2.11. The summed E-state index contributed by atoms with van der Waals surface area (Å²) in [5, 5.41) is 22.5. The van der Waals surface area contributed by atoms with Crippen molar-refractivity contribution in [3.63, 3.8) is 0 Å². The second kappa shape index (κ2) is 9.04. The summed E-state index contributed by atoms with van der Waals surface area (Å²) in [6, 6.07) is 14.2. The highest BCUT2D eigenvalue weighted by Gasteiger charge is 2.20. The molecule has 0 aromatic heterocycles. The molecule has 0 atom stereocenters. The first kappa shape index (κ1) is 22.7. The number of sulfonamides is 1. The molecule has 1 amide bonds. The number of hydrogen-bond donors (Lipinski definition) is 3. The number of benzene rings is 3. The molecule has 10 nitrogen and oxygen atoms in total. The van der Waals surface area contributed by atoms with Crippen molar-refractivity contribution < 1.29 is 28.0 Å². The van der Waals surface area contributed by atoms with E-state index in [1.54, 1.807) is 0 Å². The average Bonchev–Trinajstić information content (AvgIpc) is 2.75. The van der Waals surface area contributed by atoms with Gasteiger partial charge in [-0.15, -0.1) is 0 Å². The SMILES string of the molecule is O=C(Nc1ccccc1C(=O)O)c1cccc(S(=O)(=O)Nc2ccc(Cl)c([N+](=O)[O-])c2)c1. The van der Waals surface area contributed by atoms with Gasteiger partial charge in [-0.1, -0.05) is 29.8 Å². The van der Waals surface area contributed by atoms with Gasteiger partial charge in [-0.2, -0.15) is 0 Å². The summed E-state index contributed by atoms with van der Waals surface area (Å²) in [5.74, 6) is -1.96. The molecule has 0 radical (unpaired) electrons. The maximum absolute atomic E-state index is 12.7. The first-order valence-electron chi connectivity index (χ1n) is 8.79. The normalized spacial score (nSPS) is 10.9. The molecule has 12 heteroatoms. The zero-order valence-corrected chi connectivity index (χ0v) is 17.6. The minimum absolute atomic E-state index is 0.0462. The van der Waals surface area contributed by atoms with E-state index in [0.29, 0.717) is 0 Å². The molecule has 164 valence electrons. The first-order valence-corrected chi connectivity index (χ1v) is 10.6. The number of nitro groups is 1. The third-order valence-electron chi connectivity index (χ3n) is 4.21. The van der Waals surface area contributed by atoms with Gasteiger partial charge in [0.1, 0.15) is 5.02 Å². The quantitative estimate of drug-likeness (QED) is 0.344. The van der Waals surface area contributed by atoms with Gasteiger partial charge in [0.15, 0.2) is 0 Å². The standard InChI is InChI=1S/C20H14ClN3O7S/c21-16-9-8-13(11-18(16)24(28)29)23-32(30,31)14-5-3-4-12(10-14)19(25)22-17-7-2-1-6-15(17)20(26)27/h1-11,23H,(H,22,25)(H,26,27). The molecule has 0 aliphatic carbocycles. The Morgan fingerprint density at radius 3 is 2.41 bits per heavy atom. The fourth-order valence-corrected chi connectivity index (χ4v) is 3.99. The molecule has 0 aliphatic rings. The van der Waals surface area contributed by atoms with Crippen LogP contribution < -0.4 is 10.0 Å². The van der Waals surface area contributed by atoms with Crippen LogP contribution in [0.15, 0.2) is 71.6 Å². The van der Waals surface area contributed by atoms with Gasteiger partial charge in [0.25, 0.3) is 21.6 Å². The van der Waals surface area contributed by atoms with E-state index in [4.69, 9.17) is 11.6 Å². The Morgan fingerprint density at radius 1 is 1.00 bits per heavy atom. The number of hydrogen-bond acceptors (Lipinski definition) is 6. The maximum atomic E-state index is 12.7. The number of carbonyl (C=O) groups is 2. The summed E-state index contributed by atoms with van der Waals surface area (Å²) in [4.78, 5) is 33.8. The minimum atomic E-state index is -4.21. The Morgan fingerprint density at radius 2 is 1.72 bits per heavy atom. The summed E-state index contributed by atoms with van der Waals surface area (Å²) in [6.07, 6.45) is 0. The fourth-order valence-electron chi connectivity index (χ4n) is 2.71. The van der Waals surface area contributed by atoms with Crippen LogP contribution in [0.4, 0.5) is 17.1 Å². The Kier molecular flexibility index (Phi) is 6.42. The molecular weight excluding hydrogens is 462 g/mol. The number of rotatable bonds is 7. The Hall–Kier alpha value is -3.96. The van der Waals surface area contributed by atoms with E-state index in [0.717, 1.165) is 12.1 Å². The zero-order chi connectivity index (χ0) is 23.5. The summed E-state index contributed by atoms with van der Waals surface area (Å²) in [5.41, 5.74) is -0.695. The summed E-state index contributed by atoms with van der Waals surface area (Å²) in [6.45, 7) is 0. The highest BCUT2D eigenvalue weighted by Crippen LogP contribution is 2.28. The molecule has 0 saturated heterocycles. The van der Waals surface area contributed by atoms with Crippen molar-refractivity contribution in [1.82, 2.24) is 0 Å². The lowest BCUT2D eigenvalue weighted by atomic mass is 10.1. The van der Waals surface area contributed by atoms with Crippen LogP contribution in [0.5, 0.6) is 0 Å². The largest absolute Gasteiger partial charge is 0.478 e. The number of carboxylic acid groups (broad SMARTS) is 1. The van der Waals surface area contributed by atoms with Crippen LogP contribution in [0.2, 0.25) is 5.02 Å². The third-order valence-corrected chi connectivity index (χ3v) is 5.91. The predicted molar refractivity (Wildman–Crippen MR) is 117 cm³/mol. The van der Waals surface area contributed by atoms with Crippen LogP contribution in [0.25, 0.3) is 0 Å². The van der Waals surface area contributed by atoms with E-state index in [2.05, 4.69) is 10.0 Å². The summed E-state index contributed by atoms with van der Waals surface area (Å²) in [7, 11) is -4.21. The van der Waals surface area contributed by atoms with Crippen LogP contribution in [-0.4, -0.2) is 30.3 Å². The number of nitrogens with one attached hydrogen (secondary N) is 2. The molecule has 0 unspecified atom stereocenters. The van der Waals surface area contributed by atoms with Crippen LogP contribution in [0.3, 0.4) is 0 Å². The van der Waals surface area contributed by atoms with E-state index in [1.165, 1.54) is 54.6 Å². The number of aromatic carboxylic acids is 1. The van der Waals surface area contributed by atoms with E-state index < -0.39 is 32.5 Å². The molecule has 0 saturated carbocycles. The molecule has 0 aliphatic heterocycles.